The molecule has 4 aromatic rings. The molecule has 0 unspecified atom stereocenters. The maximum atomic E-state index is 14.5. The Morgan fingerprint density at radius 2 is 1.90 bits per heavy atom. The number of hydrogen-bond acceptors (Lipinski definition) is 10. The predicted molar refractivity (Wildman–Crippen MR) is 224 cm³/mol. The van der Waals surface area contributed by atoms with E-state index in [-0.39, 0.29) is 49.9 Å². The van der Waals surface area contributed by atoms with Crippen LogP contribution in [0.4, 0.5) is 0 Å². The van der Waals surface area contributed by atoms with E-state index in [4.69, 9.17) is 14.5 Å². The van der Waals surface area contributed by atoms with E-state index in [1.54, 1.807) is 25.4 Å². The number of hydrazine groups is 1. The van der Waals surface area contributed by atoms with Gasteiger partial charge in [0.25, 0.3) is 5.91 Å². The summed E-state index contributed by atoms with van der Waals surface area (Å²) in [5, 5.41) is 19.6. The van der Waals surface area contributed by atoms with Crippen LogP contribution in [0, 0.1) is 11.3 Å². The zero-order valence-electron chi connectivity index (χ0n) is 35.1. The molecule has 2 saturated heterocycles. The summed E-state index contributed by atoms with van der Waals surface area (Å²) in [6.07, 6.45) is 3.11. The molecular weight excluding hydrogens is 751 g/mol. The van der Waals surface area contributed by atoms with Crippen LogP contribution in [0.5, 0.6) is 5.75 Å². The number of fused-ring (bicyclic) bond motifs is 6. The number of carbonyl (C=O) groups is 4. The average molecular weight is 808 g/mol. The molecule has 59 heavy (non-hydrogen) atoms. The zero-order valence-corrected chi connectivity index (χ0v) is 35.1. The normalized spacial score (nSPS) is 21.1. The van der Waals surface area contributed by atoms with Gasteiger partial charge in [-0.15, -0.1) is 0 Å². The Morgan fingerprint density at radius 3 is 2.61 bits per heavy atom. The number of nitrogens with one attached hydrogen (secondary N) is 3. The lowest BCUT2D eigenvalue weighted by molar-refractivity contribution is -0.155. The van der Waals surface area contributed by atoms with Crippen molar-refractivity contribution in [2.75, 3.05) is 33.5 Å². The largest absolute Gasteiger partial charge is 0.508 e. The number of cyclic esters (lactones) is 1. The summed E-state index contributed by atoms with van der Waals surface area (Å²) in [7, 11) is 1.68. The Morgan fingerprint density at radius 1 is 1.10 bits per heavy atom. The second-order valence-electron chi connectivity index (χ2n) is 17.2. The van der Waals surface area contributed by atoms with Crippen LogP contribution in [0.3, 0.4) is 0 Å². The van der Waals surface area contributed by atoms with E-state index in [0.717, 1.165) is 44.5 Å². The molecule has 5 heterocycles. The van der Waals surface area contributed by atoms with Crippen LogP contribution in [0.2, 0.25) is 0 Å². The van der Waals surface area contributed by atoms with Gasteiger partial charge in [-0.05, 0) is 97.7 Å². The highest BCUT2D eigenvalue weighted by Gasteiger charge is 2.39. The van der Waals surface area contributed by atoms with Gasteiger partial charge in [0.1, 0.15) is 23.9 Å². The number of methoxy groups -OCH3 is 1. The van der Waals surface area contributed by atoms with Crippen molar-refractivity contribution in [3.8, 4) is 28.1 Å². The van der Waals surface area contributed by atoms with Gasteiger partial charge in [0, 0.05) is 54.7 Å². The third kappa shape index (κ3) is 8.57. The second kappa shape index (κ2) is 17.1. The molecule has 2 aromatic carbocycles. The summed E-state index contributed by atoms with van der Waals surface area (Å²) in [6, 6.07) is 12.8. The SMILES string of the molecule is CCn1c(-c2cccnc2[C@H](C)OC)c2c3cc(ccc31)-c1cc(O)cc(c1)C[C@H](NC(=O)[C@H](C(C)C)N1CNCC1=O)C(=O)N1CCC[C@H](N1)C(=O)OCC(C)(C)C2. The standard InChI is InChI=1S/C45H57N7O7/c1-8-50-37-14-13-29-21-33(37)34(41(50)32-11-9-15-47-39(32)27(4)58-7)22-45(5,6)24-59-44(57)35-12-10-16-52(49-35)43(56)36(19-28-17-30(29)20-31(53)18-28)48-42(55)40(26(2)3)51-25-46-23-38(51)54/h9,11,13-15,17-18,20-21,26-27,35-36,40,46,49,53H,8,10,12,16,19,22-25H2,1-7H3,(H,48,55)/t27-,35-,36-,40-/m0/s1. The molecule has 14 heteroatoms. The number of nitrogens with zero attached hydrogens (tertiary/aromatic N) is 4. The van der Waals surface area contributed by atoms with Gasteiger partial charge in [-0.25, -0.2) is 5.43 Å². The number of hydrogen-bond donors (Lipinski definition) is 4. The highest BCUT2D eigenvalue weighted by molar-refractivity contribution is 5.96. The number of carbonyl (C=O) groups excluding carboxylic acids is 4. The Labute approximate surface area is 345 Å². The number of aromatic nitrogens is 2. The molecule has 2 fully saturated rings. The molecular formula is C45H57N7O7. The molecule has 2 aromatic heterocycles. The summed E-state index contributed by atoms with van der Waals surface area (Å²) in [6.45, 7) is 13.5. The fourth-order valence-corrected chi connectivity index (χ4v) is 8.85. The minimum atomic E-state index is -1.09. The number of amides is 3. The van der Waals surface area contributed by atoms with Crippen LogP contribution < -0.4 is 16.1 Å². The van der Waals surface area contributed by atoms with Crippen molar-refractivity contribution < 1.29 is 33.8 Å². The molecule has 0 saturated carbocycles. The third-order valence-corrected chi connectivity index (χ3v) is 11.8. The molecule has 14 nitrogen and oxygen atoms in total. The van der Waals surface area contributed by atoms with Crippen molar-refractivity contribution in [3.05, 3.63) is 71.5 Å². The minimum Gasteiger partial charge on any atom is -0.508 e. The van der Waals surface area contributed by atoms with Crippen LogP contribution in [0.25, 0.3) is 33.3 Å². The molecule has 4 N–H and O–H groups in total. The molecule has 7 rings (SSSR count). The zero-order chi connectivity index (χ0) is 42.2. The molecule has 6 bridgehead atoms. The molecule has 4 atom stereocenters. The molecule has 314 valence electrons. The summed E-state index contributed by atoms with van der Waals surface area (Å²) >= 11 is 0. The smallest absolute Gasteiger partial charge is 0.324 e. The van der Waals surface area contributed by atoms with E-state index < -0.39 is 41.3 Å². The number of aromatic hydroxyl groups is 1. The number of pyridine rings is 1. The number of benzene rings is 2. The molecule has 3 aliphatic rings. The van der Waals surface area contributed by atoms with Crippen molar-refractivity contribution in [1.29, 1.82) is 0 Å². The van der Waals surface area contributed by atoms with E-state index in [0.29, 0.717) is 37.9 Å². The van der Waals surface area contributed by atoms with E-state index in [1.807, 2.05) is 39.0 Å². The lowest BCUT2D eigenvalue weighted by Crippen LogP contribution is -2.62. The maximum Gasteiger partial charge on any atom is 0.324 e. The van der Waals surface area contributed by atoms with E-state index in [9.17, 15) is 24.3 Å². The number of aryl methyl sites for hydroxylation is 1. The van der Waals surface area contributed by atoms with Gasteiger partial charge in [0.15, 0.2) is 0 Å². The molecule has 0 spiro atoms. The van der Waals surface area contributed by atoms with Crippen LogP contribution >= 0.6 is 0 Å². The Balaban J connectivity index is 1.37. The first-order valence-electron chi connectivity index (χ1n) is 20.7. The Bertz CT molecular complexity index is 2250. The number of rotatable bonds is 8. The van der Waals surface area contributed by atoms with E-state index in [1.165, 1.54) is 9.91 Å². The lowest BCUT2D eigenvalue weighted by Gasteiger charge is -2.36. The van der Waals surface area contributed by atoms with Gasteiger partial charge in [-0.3, -0.25) is 34.5 Å². The number of phenolic OH excluding ortho intramolecular Hbond substituents is 1. The fraction of sp³-hybridized carbons (Fsp3) is 0.489. The highest BCUT2D eigenvalue weighted by atomic mass is 16.5. The van der Waals surface area contributed by atoms with Crippen LogP contribution in [0.15, 0.2) is 54.7 Å². The monoisotopic (exact) mass is 807 g/mol. The van der Waals surface area contributed by atoms with Crippen molar-refractivity contribution in [2.24, 2.45) is 11.3 Å². The van der Waals surface area contributed by atoms with Gasteiger partial charge >= 0.3 is 5.97 Å². The minimum absolute atomic E-state index is 0.0129. The predicted octanol–water partition coefficient (Wildman–Crippen LogP) is 4.87. The second-order valence-corrected chi connectivity index (χ2v) is 17.2. The van der Waals surface area contributed by atoms with Crippen molar-refractivity contribution in [1.82, 2.24) is 35.5 Å². The average Bonchev–Trinajstić information content (AvgIpc) is 3.77. The summed E-state index contributed by atoms with van der Waals surface area (Å²) in [5.41, 5.74) is 9.70. The van der Waals surface area contributed by atoms with Gasteiger partial charge in [0.2, 0.25) is 11.8 Å². The summed E-state index contributed by atoms with van der Waals surface area (Å²) in [4.78, 5) is 61.5. The summed E-state index contributed by atoms with van der Waals surface area (Å²) in [5.74, 6) is -1.78. The first-order valence-corrected chi connectivity index (χ1v) is 20.7. The van der Waals surface area contributed by atoms with Crippen LogP contribution in [-0.2, 0) is 48.0 Å². The van der Waals surface area contributed by atoms with Crippen LogP contribution in [0.1, 0.15) is 77.3 Å². The number of ether oxygens (including phenoxy) is 2. The van der Waals surface area contributed by atoms with E-state index in [2.05, 4.69) is 59.6 Å². The molecule has 0 radical (unpaired) electrons. The fourth-order valence-electron chi connectivity index (χ4n) is 8.85. The van der Waals surface area contributed by atoms with Crippen molar-refractivity contribution in [3.63, 3.8) is 0 Å². The highest BCUT2D eigenvalue weighted by Crippen LogP contribution is 2.42. The Hall–Kier alpha value is -5.31. The van der Waals surface area contributed by atoms with Gasteiger partial charge in [-0.2, -0.15) is 0 Å². The van der Waals surface area contributed by atoms with E-state index >= 15 is 0 Å². The van der Waals surface area contributed by atoms with Gasteiger partial charge in [-0.1, -0.05) is 39.8 Å². The first kappa shape index (κ1) is 41.8. The first-order chi connectivity index (χ1) is 28.2. The maximum absolute atomic E-state index is 14.5. The van der Waals surface area contributed by atoms with Crippen LogP contribution in [-0.4, -0.2) is 99.9 Å². The molecule has 0 aliphatic carbocycles. The van der Waals surface area contributed by atoms with Crippen molar-refractivity contribution in [2.45, 2.75) is 98.0 Å². The molecule has 3 aliphatic heterocycles. The molecule has 3 amide bonds. The number of esters is 1. The topological polar surface area (TPSA) is 167 Å². The quantitative estimate of drug-likeness (QED) is 0.181. The number of phenols is 1. The van der Waals surface area contributed by atoms with Gasteiger partial charge in [0.05, 0.1) is 37.3 Å². The lowest BCUT2D eigenvalue weighted by atomic mass is 9.84. The van der Waals surface area contributed by atoms with Crippen molar-refractivity contribution >= 4 is 34.6 Å². The Kier molecular flexibility index (Phi) is 12.1. The third-order valence-electron chi connectivity index (χ3n) is 11.8. The van der Waals surface area contributed by atoms with Gasteiger partial charge < -0.3 is 29.4 Å². The summed E-state index contributed by atoms with van der Waals surface area (Å²) < 4.78 is 14.2.